The second-order valence-corrected chi connectivity index (χ2v) is 12.1. The zero-order chi connectivity index (χ0) is 26.6. The lowest BCUT2D eigenvalue weighted by Gasteiger charge is -2.41. The lowest BCUT2D eigenvalue weighted by Crippen LogP contribution is -2.57. The molecule has 3 N–H and O–H groups in total. The van der Waals surface area contributed by atoms with Crippen molar-refractivity contribution in [2.45, 2.75) is 83.6 Å². The van der Waals surface area contributed by atoms with Gasteiger partial charge >= 0.3 is 0 Å². The fraction of sp³-hybridized carbons (Fsp3) is 0.621. The molecule has 2 aromatic heterocycles. The van der Waals surface area contributed by atoms with Crippen LogP contribution in [0.4, 0.5) is 0 Å². The summed E-state index contributed by atoms with van der Waals surface area (Å²) >= 11 is 1.73. The van der Waals surface area contributed by atoms with E-state index in [9.17, 15) is 9.59 Å². The average Bonchev–Trinajstić information content (AvgIpc) is 3.59. The van der Waals surface area contributed by atoms with Gasteiger partial charge in [0.1, 0.15) is 0 Å². The monoisotopic (exact) mass is 538 g/mol. The minimum atomic E-state index is -0.124. The van der Waals surface area contributed by atoms with Gasteiger partial charge in [-0.1, -0.05) is 6.07 Å². The lowest BCUT2D eigenvalue weighted by atomic mass is 9.74. The number of aryl methyl sites for hydroxylation is 1. The van der Waals surface area contributed by atoms with Gasteiger partial charge in [-0.2, -0.15) is 0 Å². The van der Waals surface area contributed by atoms with Crippen LogP contribution in [0.2, 0.25) is 0 Å². The van der Waals surface area contributed by atoms with Crippen LogP contribution in [0.15, 0.2) is 35.8 Å². The van der Waals surface area contributed by atoms with Gasteiger partial charge in [0.2, 0.25) is 11.8 Å². The minimum absolute atomic E-state index is 0.0177. The molecule has 5 rings (SSSR count). The van der Waals surface area contributed by atoms with Crippen molar-refractivity contribution in [1.29, 1.82) is 0 Å². The highest BCUT2D eigenvalue weighted by molar-refractivity contribution is 7.09. The Balaban J connectivity index is 1.23. The number of nitrogens with zero attached hydrogens (tertiary/aromatic N) is 3. The predicted octanol–water partition coefficient (Wildman–Crippen LogP) is 3.40. The number of amides is 2. The summed E-state index contributed by atoms with van der Waals surface area (Å²) < 4.78 is 0. The van der Waals surface area contributed by atoms with Gasteiger partial charge in [0, 0.05) is 60.9 Å². The first-order chi connectivity index (χ1) is 18.5. The standard InChI is InChI=1S/C29H42N6O2S/c1-4-34(5-2)29(37)26-11-9-22(17-35(26)18-23-7-6-14-38-23)31-28(36)21-8-10-25-24(16-21)27(33-32-25)20-12-13-30-19(3)15-20/h6-7,12-15,21-22,24-27,32-33H,4-5,8-11,16-18H2,1-3H3,(H,31,36)/t21?,22-,24?,25?,26+,27?/m1/s1. The number of likely N-dealkylation sites (N-methyl/N-ethyl adjacent to an activating group) is 1. The third kappa shape index (κ3) is 5.96. The van der Waals surface area contributed by atoms with Crippen molar-refractivity contribution >= 4 is 23.2 Å². The normalized spacial score (nSPS) is 29.6. The van der Waals surface area contributed by atoms with Gasteiger partial charge in [-0.05, 0) is 87.9 Å². The molecule has 0 aromatic carbocycles. The maximum Gasteiger partial charge on any atom is 0.239 e. The molecule has 4 heterocycles. The van der Waals surface area contributed by atoms with Crippen molar-refractivity contribution in [3.05, 3.63) is 52.0 Å². The molecule has 0 spiro atoms. The molecule has 9 heteroatoms. The highest BCUT2D eigenvalue weighted by atomic mass is 32.1. The Morgan fingerprint density at radius 2 is 2.00 bits per heavy atom. The fourth-order valence-electron chi connectivity index (χ4n) is 6.67. The van der Waals surface area contributed by atoms with E-state index < -0.39 is 0 Å². The first kappa shape index (κ1) is 27.2. The maximum absolute atomic E-state index is 13.5. The number of aromatic nitrogens is 1. The Morgan fingerprint density at radius 1 is 1.16 bits per heavy atom. The molecule has 3 fully saturated rings. The van der Waals surface area contributed by atoms with Gasteiger partial charge in [-0.3, -0.25) is 24.9 Å². The Bertz CT molecular complexity index is 1090. The van der Waals surface area contributed by atoms with Crippen LogP contribution in [0.1, 0.15) is 68.1 Å². The molecule has 2 aliphatic heterocycles. The zero-order valence-corrected chi connectivity index (χ0v) is 23.7. The van der Waals surface area contributed by atoms with Crippen LogP contribution < -0.4 is 16.2 Å². The number of pyridine rings is 1. The van der Waals surface area contributed by atoms with E-state index in [4.69, 9.17) is 0 Å². The summed E-state index contributed by atoms with van der Waals surface area (Å²) in [5.41, 5.74) is 9.23. The highest BCUT2D eigenvalue weighted by Gasteiger charge is 2.43. The molecule has 2 saturated heterocycles. The second-order valence-electron chi connectivity index (χ2n) is 11.1. The third-order valence-electron chi connectivity index (χ3n) is 8.73. The van der Waals surface area contributed by atoms with E-state index >= 15 is 0 Å². The number of carbonyl (C=O) groups excluding carboxylic acids is 2. The summed E-state index contributed by atoms with van der Waals surface area (Å²) in [6, 6.07) is 8.95. The second kappa shape index (κ2) is 12.2. The average molecular weight is 539 g/mol. The van der Waals surface area contributed by atoms with Crippen LogP contribution >= 0.6 is 11.3 Å². The topological polar surface area (TPSA) is 89.6 Å². The molecule has 2 aromatic rings. The number of thiophene rings is 1. The first-order valence-corrected chi connectivity index (χ1v) is 15.1. The molecule has 1 saturated carbocycles. The maximum atomic E-state index is 13.5. The number of piperidine rings is 1. The highest BCUT2D eigenvalue weighted by Crippen LogP contribution is 2.40. The Morgan fingerprint density at radius 3 is 2.74 bits per heavy atom. The van der Waals surface area contributed by atoms with E-state index in [0.717, 1.165) is 57.4 Å². The van der Waals surface area contributed by atoms with Crippen LogP contribution in [-0.4, -0.2) is 64.4 Å². The van der Waals surface area contributed by atoms with E-state index in [1.165, 1.54) is 10.4 Å². The summed E-state index contributed by atoms with van der Waals surface area (Å²) in [6.07, 6.45) is 6.25. The number of carbonyl (C=O) groups is 2. The number of fused-ring (bicyclic) bond motifs is 1. The molecular formula is C29H42N6O2S. The van der Waals surface area contributed by atoms with Gasteiger partial charge in [-0.15, -0.1) is 11.3 Å². The molecule has 4 unspecified atom stereocenters. The molecule has 8 nitrogen and oxygen atoms in total. The van der Waals surface area contributed by atoms with Crippen molar-refractivity contribution < 1.29 is 9.59 Å². The van der Waals surface area contributed by atoms with Crippen molar-refractivity contribution in [1.82, 2.24) is 31.0 Å². The Hall–Kier alpha value is -2.33. The summed E-state index contributed by atoms with van der Waals surface area (Å²) in [5.74, 6) is 0.783. The molecule has 0 bridgehead atoms. The van der Waals surface area contributed by atoms with Gasteiger partial charge in [0.05, 0.1) is 12.1 Å². The van der Waals surface area contributed by atoms with E-state index in [1.807, 2.05) is 31.9 Å². The molecule has 206 valence electrons. The molecular weight excluding hydrogens is 496 g/mol. The van der Waals surface area contributed by atoms with Gasteiger partial charge < -0.3 is 10.2 Å². The number of likely N-dealkylation sites (tertiary alicyclic amines) is 1. The predicted molar refractivity (Wildman–Crippen MR) is 150 cm³/mol. The Labute approximate surface area is 230 Å². The van der Waals surface area contributed by atoms with Crippen molar-refractivity contribution in [2.24, 2.45) is 11.8 Å². The van der Waals surface area contributed by atoms with Crippen LogP contribution in [0, 0.1) is 18.8 Å². The van der Waals surface area contributed by atoms with Crippen LogP contribution in [0.3, 0.4) is 0 Å². The largest absolute Gasteiger partial charge is 0.352 e. The van der Waals surface area contributed by atoms with Gasteiger partial charge in [-0.25, -0.2) is 5.43 Å². The number of hydrogen-bond donors (Lipinski definition) is 3. The first-order valence-electron chi connectivity index (χ1n) is 14.3. The summed E-state index contributed by atoms with van der Waals surface area (Å²) in [5, 5.41) is 5.49. The van der Waals surface area contributed by atoms with Crippen molar-refractivity contribution in [3.63, 3.8) is 0 Å². The summed E-state index contributed by atoms with van der Waals surface area (Å²) in [6.45, 7) is 9.02. The number of nitrogens with one attached hydrogen (secondary N) is 3. The number of rotatable bonds is 8. The lowest BCUT2D eigenvalue weighted by molar-refractivity contribution is -0.138. The van der Waals surface area contributed by atoms with Crippen LogP contribution in [0.5, 0.6) is 0 Å². The SMILES string of the molecule is CCN(CC)C(=O)[C@@H]1CC[C@@H](NC(=O)C2CCC3NNC(c4ccnc(C)c4)C3C2)CN1Cc1cccs1. The van der Waals surface area contributed by atoms with E-state index in [0.29, 0.717) is 18.5 Å². The zero-order valence-electron chi connectivity index (χ0n) is 22.9. The molecule has 1 aliphatic carbocycles. The smallest absolute Gasteiger partial charge is 0.239 e. The van der Waals surface area contributed by atoms with Gasteiger partial charge in [0.15, 0.2) is 0 Å². The fourth-order valence-corrected chi connectivity index (χ4v) is 7.40. The van der Waals surface area contributed by atoms with E-state index in [2.05, 4.69) is 55.7 Å². The minimum Gasteiger partial charge on any atom is -0.352 e. The molecule has 2 amide bonds. The molecule has 6 atom stereocenters. The quantitative estimate of drug-likeness (QED) is 0.477. The van der Waals surface area contributed by atoms with E-state index in [-0.39, 0.29) is 35.9 Å². The van der Waals surface area contributed by atoms with Crippen molar-refractivity contribution in [2.75, 3.05) is 19.6 Å². The van der Waals surface area contributed by atoms with Crippen LogP contribution in [0.25, 0.3) is 0 Å². The number of hydrogen-bond acceptors (Lipinski definition) is 7. The molecule has 3 aliphatic rings. The van der Waals surface area contributed by atoms with Gasteiger partial charge in [0.25, 0.3) is 0 Å². The number of hydrazine groups is 1. The molecule has 0 radical (unpaired) electrons. The van der Waals surface area contributed by atoms with E-state index in [1.54, 1.807) is 11.3 Å². The summed E-state index contributed by atoms with van der Waals surface area (Å²) in [7, 11) is 0. The Kier molecular flexibility index (Phi) is 8.77. The summed E-state index contributed by atoms with van der Waals surface area (Å²) in [4.78, 5) is 36.7. The van der Waals surface area contributed by atoms with Crippen molar-refractivity contribution in [3.8, 4) is 0 Å². The third-order valence-corrected chi connectivity index (χ3v) is 9.59. The molecule has 38 heavy (non-hydrogen) atoms. The van der Waals surface area contributed by atoms with Crippen LogP contribution in [-0.2, 0) is 16.1 Å².